The minimum absolute atomic E-state index is 0.405. The topological polar surface area (TPSA) is 46.2 Å². The van der Waals surface area contributed by atoms with Gasteiger partial charge in [-0.15, -0.1) is 0 Å². The second-order valence-corrected chi connectivity index (χ2v) is 5.35. The standard InChI is InChI=1S/C11H19NO2S/c1-9(13)11(14)12-7-8-15-10-5-3-2-4-6-10/h10H,2-8H2,1H3,(H,12,14). The van der Waals surface area contributed by atoms with Crippen molar-refractivity contribution in [1.29, 1.82) is 0 Å². The lowest BCUT2D eigenvalue weighted by molar-refractivity contribution is -0.136. The summed E-state index contributed by atoms with van der Waals surface area (Å²) in [5.41, 5.74) is 0. The Morgan fingerprint density at radius 3 is 2.53 bits per heavy atom. The van der Waals surface area contributed by atoms with Crippen molar-refractivity contribution in [3.63, 3.8) is 0 Å². The zero-order valence-electron chi connectivity index (χ0n) is 9.25. The van der Waals surface area contributed by atoms with Crippen LogP contribution in [0, 0.1) is 0 Å². The predicted octanol–water partition coefficient (Wildman–Crippen LogP) is 1.76. The summed E-state index contributed by atoms with van der Waals surface area (Å²) in [7, 11) is 0. The molecule has 3 nitrogen and oxygen atoms in total. The lowest BCUT2D eigenvalue weighted by Gasteiger charge is -2.20. The molecule has 1 rings (SSSR count). The van der Waals surface area contributed by atoms with Crippen molar-refractivity contribution in [2.24, 2.45) is 0 Å². The molecule has 0 unspecified atom stereocenters. The van der Waals surface area contributed by atoms with Crippen LogP contribution in [0.2, 0.25) is 0 Å². The fourth-order valence-corrected chi connectivity index (χ4v) is 2.97. The highest BCUT2D eigenvalue weighted by atomic mass is 32.2. The van der Waals surface area contributed by atoms with Gasteiger partial charge in [0.05, 0.1) is 0 Å². The van der Waals surface area contributed by atoms with Gasteiger partial charge in [-0.3, -0.25) is 9.59 Å². The second kappa shape index (κ2) is 6.88. The van der Waals surface area contributed by atoms with Crippen LogP contribution in [0.25, 0.3) is 0 Å². The SMILES string of the molecule is CC(=O)C(=O)NCCSC1CCCCC1. The molecule has 0 aromatic heterocycles. The van der Waals surface area contributed by atoms with Crippen molar-refractivity contribution in [3.05, 3.63) is 0 Å². The summed E-state index contributed by atoms with van der Waals surface area (Å²) < 4.78 is 0. The fourth-order valence-electron chi connectivity index (χ4n) is 1.75. The molecule has 1 aliphatic carbocycles. The quantitative estimate of drug-likeness (QED) is 0.577. The van der Waals surface area contributed by atoms with E-state index in [2.05, 4.69) is 5.32 Å². The number of carbonyl (C=O) groups is 2. The minimum Gasteiger partial charge on any atom is -0.349 e. The lowest BCUT2D eigenvalue weighted by Crippen LogP contribution is -2.31. The van der Waals surface area contributed by atoms with Crippen molar-refractivity contribution in [2.45, 2.75) is 44.3 Å². The van der Waals surface area contributed by atoms with E-state index in [1.165, 1.54) is 39.0 Å². The zero-order valence-corrected chi connectivity index (χ0v) is 10.1. The Hall–Kier alpha value is -0.510. The van der Waals surface area contributed by atoms with E-state index in [1.807, 2.05) is 11.8 Å². The molecule has 0 aliphatic heterocycles. The molecule has 0 spiro atoms. The molecule has 1 amide bonds. The predicted molar refractivity (Wildman–Crippen MR) is 63.0 cm³/mol. The molecular weight excluding hydrogens is 210 g/mol. The average Bonchev–Trinajstić information content (AvgIpc) is 2.25. The third-order valence-electron chi connectivity index (χ3n) is 2.61. The first-order valence-electron chi connectivity index (χ1n) is 5.60. The second-order valence-electron chi connectivity index (χ2n) is 3.94. The van der Waals surface area contributed by atoms with Crippen LogP contribution >= 0.6 is 11.8 Å². The molecule has 0 atom stereocenters. The van der Waals surface area contributed by atoms with Crippen LogP contribution in [0.1, 0.15) is 39.0 Å². The molecule has 1 saturated carbocycles. The smallest absolute Gasteiger partial charge is 0.287 e. The van der Waals surface area contributed by atoms with Gasteiger partial charge in [-0.05, 0) is 12.8 Å². The molecule has 0 heterocycles. The van der Waals surface area contributed by atoms with Gasteiger partial charge in [0.1, 0.15) is 0 Å². The van der Waals surface area contributed by atoms with Gasteiger partial charge >= 0.3 is 0 Å². The van der Waals surface area contributed by atoms with E-state index in [0.717, 1.165) is 11.0 Å². The number of hydrogen-bond acceptors (Lipinski definition) is 3. The lowest BCUT2D eigenvalue weighted by atomic mass is 10.0. The number of Topliss-reactive ketones (excluding diaryl/α,β-unsaturated/α-hetero) is 1. The van der Waals surface area contributed by atoms with Crippen LogP contribution in [-0.4, -0.2) is 29.2 Å². The number of carbonyl (C=O) groups excluding carboxylic acids is 2. The van der Waals surface area contributed by atoms with Crippen LogP contribution in [0.4, 0.5) is 0 Å². The Kier molecular flexibility index (Phi) is 5.76. The molecule has 0 aromatic rings. The highest BCUT2D eigenvalue weighted by Crippen LogP contribution is 2.27. The highest BCUT2D eigenvalue weighted by molar-refractivity contribution is 7.99. The van der Waals surface area contributed by atoms with Crippen molar-refractivity contribution in [3.8, 4) is 0 Å². The molecule has 1 aliphatic rings. The van der Waals surface area contributed by atoms with E-state index in [1.54, 1.807) is 0 Å². The van der Waals surface area contributed by atoms with Crippen molar-refractivity contribution < 1.29 is 9.59 Å². The number of nitrogens with one attached hydrogen (secondary N) is 1. The monoisotopic (exact) mass is 229 g/mol. The van der Waals surface area contributed by atoms with Gasteiger partial charge in [0, 0.05) is 24.5 Å². The summed E-state index contributed by atoms with van der Waals surface area (Å²) in [6.45, 7) is 1.91. The molecule has 1 fully saturated rings. The summed E-state index contributed by atoms with van der Waals surface area (Å²) in [6.07, 6.45) is 6.68. The third kappa shape index (κ3) is 5.21. The van der Waals surface area contributed by atoms with Gasteiger partial charge in [-0.1, -0.05) is 19.3 Å². The number of thioether (sulfide) groups is 1. The van der Waals surface area contributed by atoms with Gasteiger partial charge in [-0.2, -0.15) is 11.8 Å². The van der Waals surface area contributed by atoms with Crippen LogP contribution in [0.5, 0.6) is 0 Å². The summed E-state index contributed by atoms with van der Waals surface area (Å²) in [5, 5.41) is 3.38. The number of amides is 1. The van der Waals surface area contributed by atoms with Gasteiger partial charge in [0.15, 0.2) is 0 Å². The third-order valence-corrected chi connectivity index (χ3v) is 4.00. The Morgan fingerprint density at radius 1 is 1.27 bits per heavy atom. The number of rotatable bonds is 5. The van der Waals surface area contributed by atoms with Crippen molar-refractivity contribution in [2.75, 3.05) is 12.3 Å². The molecule has 0 saturated heterocycles. The molecule has 0 aromatic carbocycles. The summed E-state index contributed by atoms with van der Waals surface area (Å²) in [6, 6.07) is 0. The molecule has 4 heteroatoms. The zero-order chi connectivity index (χ0) is 11.1. The van der Waals surface area contributed by atoms with E-state index in [4.69, 9.17) is 0 Å². The van der Waals surface area contributed by atoms with Gasteiger partial charge in [0.25, 0.3) is 5.91 Å². The summed E-state index contributed by atoms with van der Waals surface area (Å²) in [4.78, 5) is 21.5. The first kappa shape index (κ1) is 12.6. The molecule has 1 N–H and O–H groups in total. The Bertz CT molecular complexity index is 225. The number of hydrogen-bond donors (Lipinski definition) is 1. The largest absolute Gasteiger partial charge is 0.349 e. The van der Waals surface area contributed by atoms with E-state index in [0.29, 0.717) is 6.54 Å². The van der Waals surface area contributed by atoms with Crippen LogP contribution < -0.4 is 5.32 Å². The average molecular weight is 229 g/mol. The first-order valence-corrected chi connectivity index (χ1v) is 6.65. The molecular formula is C11H19NO2S. The van der Waals surface area contributed by atoms with Crippen molar-refractivity contribution in [1.82, 2.24) is 5.32 Å². The highest BCUT2D eigenvalue weighted by Gasteiger charge is 2.13. The van der Waals surface area contributed by atoms with E-state index < -0.39 is 11.7 Å². The van der Waals surface area contributed by atoms with Gasteiger partial charge in [0.2, 0.25) is 5.78 Å². The van der Waals surface area contributed by atoms with E-state index in [-0.39, 0.29) is 0 Å². The van der Waals surface area contributed by atoms with Crippen LogP contribution in [0.15, 0.2) is 0 Å². The van der Waals surface area contributed by atoms with Crippen LogP contribution in [0.3, 0.4) is 0 Å². The van der Waals surface area contributed by atoms with E-state index in [9.17, 15) is 9.59 Å². The maximum absolute atomic E-state index is 10.9. The first-order chi connectivity index (χ1) is 7.20. The Labute approximate surface area is 95.4 Å². The van der Waals surface area contributed by atoms with Crippen molar-refractivity contribution >= 4 is 23.5 Å². The molecule has 0 bridgehead atoms. The maximum Gasteiger partial charge on any atom is 0.287 e. The normalized spacial score (nSPS) is 17.4. The summed E-state index contributed by atoms with van der Waals surface area (Å²) in [5.74, 6) is 0.0564. The molecule has 0 radical (unpaired) electrons. The van der Waals surface area contributed by atoms with E-state index >= 15 is 0 Å². The van der Waals surface area contributed by atoms with Gasteiger partial charge < -0.3 is 5.32 Å². The Morgan fingerprint density at radius 2 is 1.93 bits per heavy atom. The minimum atomic E-state index is -0.459. The van der Waals surface area contributed by atoms with Gasteiger partial charge in [-0.25, -0.2) is 0 Å². The van der Waals surface area contributed by atoms with Crippen LogP contribution in [-0.2, 0) is 9.59 Å². The molecule has 86 valence electrons. The Balaban J connectivity index is 2.01. The molecule has 15 heavy (non-hydrogen) atoms. The fraction of sp³-hybridized carbons (Fsp3) is 0.818. The summed E-state index contributed by atoms with van der Waals surface area (Å²) >= 11 is 1.93. The maximum atomic E-state index is 10.9. The number of ketones is 1.